The van der Waals surface area contributed by atoms with Crippen LogP contribution in [0.25, 0.3) is 87.6 Å². The van der Waals surface area contributed by atoms with Crippen molar-refractivity contribution in [2.24, 2.45) is 0 Å². The first-order valence-electron chi connectivity index (χ1n) is 16.5. The van der Waals surface area contributed by atoms with Gasteiger partial charge in [0.05, 0.1) is 0 Å². The predicted molar refractivity (Wildman–Crippen MR) is 205 cm³/mol. The van der Waals surface area contributed by atoms with Crippen molar-refractivity contribution in [3.63, 3.8) is 0 Å². The molecule has 0 fully saturated rings. The molecule has 0 aromatic heterocycles. The van der Waals surface area contributed by atoms with Gasteiger partial charge in [-0.1, -0.05) is 152 Å². The third-order valence-electron chi connectivity index (χ3n) is 10.7. The molecule has 222 valence electrons. The van der Waals surface area contributed by atoms with Gasteiger partial charge < -0.3 is 4.57 Å². The Morgan fingerprint density at radius 3 is 1.62 bits per heavy atom. The summed E-state index contributed by atoms with van der Waals surface area (Å²) in [5.41, 5.74) is 9.14. The lowest BCUT2D eigenvalue weighted by molar-refractivity contribution is 0.593. The van der Waals surface area contributed by atoms with Crippen LogP contribution in [0.3, 0.4) is 0 Å². The SMILES string of the molecule is O=P1(c2cccc3c2-c2ccc(cc2)-c2cccc4cc5ccccc5c-3c24)c2ccc(cc2)-c2cccc3cc4ccccc4c1c23. The summed E-state index contributed by atoms with van der Waals surface area (Å²) in [6.45, 7) is 0. The van der Waals surface area contributed by atoms with E-state index >= 15 is 4.57 Å². The molecular formula is C46H27OP. The van der Waals surface area contributed by atoms with Crippen LogP contribution in [0.5, 0.6) is 0 Å². The molecule has 9 aromatic rings. The van der Waals surface area contributed by atoms with Crippen molar-refractivity contribution in [2.45, 2.75) is 0 Å². The largest absolute Gasteiger partial charge is 0.309 e. The lowest BCUT2D eigenvalue weighted by Gasteiger charge is -2.29. The fourth-order valence-electron chi connectivity index (χ4n) is 8.68. The van der Waals surface area contributed by atoms with Crippen LogP contribution < -0.4 is 15.9 Å². The molecule has 4 aliphatic rings. The van der Waals surface area contributed by atoms with Crippen molar-refractivity contribution in [1.82, 2.24) is 0 Å². The first-order valence-corrected chi connectivity index (χ1v) is 18.2. The van der Waals surface area contributed by atoms with Crippen LogP contribution >= 0.6 is 7.14 Å². The van der Waals surface area contributed by atoms with Crippen LogP contribution in [-0.2, 0) is 4.57 Å². The molecule has 1 nitrogen and oxygen atoms in total. The van der Waals surface area contributed by atoms with Crippen molar-refractivity contribution in [1.29, 1.82) is 0 Å². The van der Waals surface area contributed by atoms with Crippen LogP contribution in [0.4, 0.5) is 0 Å². The number of fused-ring (bicyclic) bond motifs is 6. The quantitative estimate of drug-likeness (QED) is 0.131. The van der Waals surface area contributed by atoms with E-state index in [4.69, 9.17) is 0 Å². The Morgan fingerprint density at radius 1 is 0.375 bits per heavy atom. The minimum Gasteiger partial charge on any atom is -0.309 e. The molecule has 0 saturated heterocycles. The summed E-state index contributed by atoms with van der Waals surface area (Å²) < 4.78 is 17.0. The van der Waals surface area contributed by atoms with E-state index in [1.54, 1.807) is 0 Å². The molecule has 0 spiro atoms. The molecule has 4 bridgehead atoms. The second-order valence-corrected chi connectivity index (χ2v) is 15.8. The molecule has 0 saturated carbocycles. The van der Waals surface area contributed by atoms with E-state index < -0.39 is 7.14 Å². The van der Waals surface area contributed by atoms with E-state index in [0.29, 0.717) is 0 Å². The maximum Gasteiger partial charge on any atom is 0.172 e. The fraction of sp³-hybridized carbons (Fsp3) is 0. The summed E-state index contributed by atoms with van der Waals surface area (Å²) in [6, 6.07) is 58.9. The first kappa shape index (κ1) is 26.3. The average Bonchev–Trinajstić information content (AvgIpc) is 3.23. The van der Waals surface area contributed by atoms with Gasteiger partial charge in [-0.15, -0.1) is 0 Å². The van der Waals surface area contributed by atoms with Gasteiger partial charge in [0.25, 0.3) is 0 Å². The third kappa shape index (κ3) is 3.34. The second kappa shape index (κ2) is 9.41. The maximum absolute atomic E-state index is 17.0. The minimum absolute atomic E-state index is 0.867. The van der Waals surface area contributed by atoms with Gasteiger partial charge in [-0.3, -0.25) is 0 Å². The Hall–Kier alpha value is -5.75. The predicted octanol–water partition coefficient (Wildman–Crippen LogP) is 11.2. The number of rotatable bonds is 1. The Morgan fingerprint density at radius 2 is 0.896 bits per heavy atom. The molecular weight excluding hydrogens is 599 g/mol. The smallest absolute Gasteiger partial charge is 0.172 e. The number of hydrogen-bond donors (Lipinski definition) is 0. The third-order valence-corrected chi connectivity index (χ3v) is 13.9. The van der Waals surface area contributed by atoms with E-state index in [0.717, 1.165) is 65.3 Å². The van der Waals surface area contributed by atoms with Gasteiger partial charge >= 0.3 is 0 Å². The monoisotopic (exact) mass is 626 g/mol. The highest BCUT2D eigenvalue weighted by Crippen LogP contribution is 2.54. The summed E-state index contributed by atoms with van der Waals surface area (Å²) in [4.78, 5) is 0. The lowest BCUT2D eigenvalue weighted by atomic mass is 9.87. The van der Waals surface area contributed by atoms with Gasteiger partial charge in [0.1, 0.15) is 0 Å². The van der Waals surface area contributed by atoms with E-state index in [1.165, 1.54) is 38.2 Å². The molecule has 0 amide bonds. The summed E-state index contributed by atoms with van der Waals surface area (Å²) in [5, 5.41) is 11.9. The molecule has 2 aliphatic carbocycles. The first-order chi connectivity index (χ1) is 23.7. The van der Waals surface area contributed by atoms with Gasteiger partial charge in [0.15, 0.2) is 7.14 Å². The van der Waals surface area contributed by atoms with E-state index in [-0.39, 0.29) is 0 Å². The molecule has 0 radical (unpaired) electrons. The number of hydrogen-bond acceptors (Lipinski definition) is 1. The molecule has 0 N–H and O–H groups in total. The highest BCUT2D eigenvalue weighted by molar-refractivity contribution is 7.86. The van der Waals surface area contributed by atoms with Crippen molar-refractivity contribution in [3.8, 4) is 44.5 Å². The van der Waals surface area contributed by atoms with E-state index in [2.05, 4.69) is 164 Å². The van der Waals surface area contributed by atoms with Gasteiger partial charge in [-0.2, -0.15) is 0 Å². The Kier molecular flexibility index (Phi) is 5.17. The Bertz CT molecular complexity index is 2900. The molecule has 2 heterocycles. The average molecular weight is 627 g/mol. The zero-order valence-electron chi connectivity index (χ0n) is 25.9. The topological polar surface area (TPSA) is 17.1 Å². The van der Waals surface area contributed by atoms with Crippen molar-refractivity contribution < 1.29 is 4.57 Å². The van der Waals surface area contributed by atoms with Gasteiger partial charge in [0, 0.05) is 26.9 Å². The zero-order valence-corrected chi connectivity index (χ0v) is 26.8. The second-order valence-electron chi connectivity index (χ2n) is 13.2. The standard InChI is InChI=1S/C46H27OP/c47-48(35-24-22-29(23-25-35)37-15-6-11-34-27-32-9-2-4-13-39(32)46(48)44(34)37)41-17-7-16-40-42(41)30-20-18-28(19-21-30)36-14-5-10-33-26-31-8-1-3-12-38(31)45(40)43(33)36/h1-27H. The summed E-state index contributed by atoms with van der Waals surface area (Å²) in [7, 11) is -3.49. The van der Waals surface area contributed by atoms with Gasteiger partial charge in [-0.25, -0.2) is 0 Å². The van der Waals surface area contributed by atoms with E-state index in [9.17, 15) is 0 Å². The van der Waals surface area contributed by atoms with Crippen molar-refractivity contribution >= 4 is 66.1 Å². The van der Waals surface area contributed by atoms with Gasteiger partial charge in [0.2, 0.25) is 0 Å². The lowest BCUT2D eigenvalue weighted by Crippen LogP contribution is -2.29. The van der Waals surface area contributed by atoms with Crippen molar-refractivity contribution in [2.75, 3.05) is 0 Å². The van der Waals surface area contributed by atoms with Crippen LogP contribution in [-0.4, -0.2) is 0 Å². The molecule has 9 aromatic carbocycles. The van der Waals surface area contributed by atoms with Gasteiger partial charge in [-0.05, 0) is 88.8 Å². The van der Waals surface area contributed by atoms with Crippen LogP contribution in [0.15, 0.2) is 164 Å². The highest BCUT2D eigenvalue weighted by Gasteiger charge is 2.38. The maximum atomic E-state index is 17.0. The molecule has 2 heteroatoms. The van der Waals surface area contributed by atoms with Crippen LogP contribution in [0.1, 0.15) is 0 Å². The van der Waals surface area contributed by atoms with E-state index in [1.807, 2.05) is 0 Å². The van der Waals surface area contributed by atoms with Crippen LogP contribution in [0, 0.1) is 0 Å². The summed E-state index contributed by atoms with van der Waals surface area (Å²) in [6.07, 6.45) is 0. The highest BCUT2D eigenvalue weighted by atomic mass is 31.2. The molecule has 48 heavy (non-hydrogen) atoms. The van der Waals surface area contributed by atoms with Crippen LogP contribution in [0.2, 0.25) is 0 Å². The minimum atomic E-state index is -3.49. The Labute approximate surface area is 278 Å². The molecule has 1 atom stereocenters. The summed E-state index contributed by atoms with van der Waals surface area (Å²) in [5.74, 6) is 0. The molecule has 1 unspecified atom stereocenters. The zero-order chi connectivity index (χ0) is 31.6. The summed E-state index contributed by atoms with van der Waals surface area (Å²) >= 11 is 0. The fourth-order valence-corrected chi connectivity index (χ4v) is 12.0. The normalized spacial score (nSPS) is 15.7. The molecule has 13 rings (SSSR count). The van der Waals surface area contributed by atoms with Crippen molar-refractivity contribution in [3.05, 3.63) is 164 Å². The molecule has 2 aliphatic heterocycles. The number of benzene rings is 9. The Balaban J connectivity index is 1.38.